The van der Waals surface area contributed by atoms with Gasteiger partial charge < -0.3 is 10.2 Å². The van der Waals surface area contributed by atoms with Crippen LogP contribution < -0.4 is 10.2 Å². The van der Waals surface area contributed by atoms with Gasteiger partial charge in [-0.2, -0.15) is 9.47 Å². The lowest BCUT2D eigenvalue weighted by atomic mass is 10.1. The van der Waals surface area contributed by atoms with E-state index in [1.165, 1.54) is 24.4 Å². The second-order valence-electron chi connectivity index (χ2n) is 6.34. The highest BCUT2D eigenvalue weighted by atomic mass is 32.1. The summed E-state index contributed by atoms with van der Waals surface area (Å²) in [5.74, 6) is 1.49. The monoisotopic (exact) mass is 332 g/mol. The third-order valence-electron chi connectivity index (χ3n) is 4.35. The van der Waals surface area contributed by atoms with E-state index in [1.54, 1.807) is 16.9 Å². The molecule has 2 aromatic rings. The molecular formula is C15H20N6OS. The molecule has 4 rings (SSSR count). The van der Waals surface area contributed by atoms with Crippen LogP contribution in [0.1, 0.15) is 47.9 Å². The molecule has 0 radical (unpaired) electrons. The van der Waals surface area contributed by atoms with E-state index in [0.717, 1.165) is 36.9 Å². The molecule has 1 aliphatic carbocycles. The molecule has 23 heavy (non-hydrogen) atoms. The number of aryl methyl sites for hydroxylation is 1. The van der Waals surface area contributed by atoms with Gasteiger partial charge in [0.2, 0.25) is 5.13 Å². The molecule has 122 valence electrons. The van der Waals surface area contributed by atoms with Crippen molar-refractivity contribution in [3.63, 3.8) is 0 Å². The van der Waals surface area contributed by atoms with E-state index in [1.807, 2.05) is 7.05 Å². The van der Waals surface area contributed by atoms with Gasteiger partial charge in [-0.15, -0.1) is 0 Å². The van der Waals surface area contributed by atoms with Gasteiger partial charge in [-0.25, -0.2) is 4.98 Å². The summed E-state index contributed by atoms with van der Waals surface area (Å²) in [5, 5.41) is 8.23. The lowest BCUT2D eigenvalue weighted by molar-refractivity contribution is 0.0927. The Labute approximate surface area is 138 Å². The number of hydrogen-bond acceptors (Lipinski definition) is 6. The number of nitrogens with one attached hydrogen (secondary N) is 1. The third kappa shape index (κ3) is 3.21. The quantitative estimate of drug-likeness (QED) is 0.919. The molecule has 1 atom stereocenters. The first-order chi connectivity index (χ1) is 11.2. The van der Waals surface area contributed by atoms with Crippen molar-refractivity contribution in [2.75, 3.05) is 18.0 Å². The van der Waals surface area contributed by atoms with Crippen LogP contribution in [0.3, 0.4) is 0 Å². The average Bonchev–Trinajstić information content (AvgIpc) is 3.11. The third-order valence-corrected chi connectivity index (χ3v) is 5.14. The maximum atomic E-state index is 12.2. The van der Waals surface area contributed by atoms with Crippen molar-refractivity contribution in [3.8, 4) is 0 Å². The minimum absolute atomic E-state index is 0.103. The highest BCUT2D eigenvalue weighted by Crippen LogP contribution is 2.39. The van der Waals surface area contributed by atoms with Gasteiger partial charge in [-0.3, -0.25) is 9.48 Å². The molecule has 8 heteroatoms. The summed E-state index contributed by atoms with van der Waals surface area (Å²) < 4.78 is 6.12. The number of aromatic nitrogens is 4. The van der Waals surface area contributed by atoms with E-state index in [4.69, 9.17) is 0 Å². The first kappa shape index (κ1) is 14.6. The zero-order chi connectivity index (χ0) is 15.8. The van der Waals surface area contributed by atoms with Crippen molar-refractivity contribution in [2.45, 2.75) is 37.6 Å². The van der Waals surface area contributed by atoms with Crippen LogP contribution in [0.5, 0.6) is 0 Å². The first-order valence-electron chi connectivity index (χ1n) is 8.08. The van der Waals surface area contributed by atoms with Crippen molar-refractivity contribution in [1.29, 1.82) is 0 Å². The second-order valence-corrected chi connectivity index (χ2v) is 7.07. The highest BCUT2D eigenvalue weighted by molar-refractivity contribution is 7.09. The van der Waals surface area contributed by atoms with Gasteiger partial charge in [0.05, 0.1) is 0 Å². The molecule has 2 aliphatic rings. The maximum Gasteiger partial charge on any atom is 0.272 e. The van der Waals surface area contributed by atoms with Crippen molar-refractivity contribution in [3.05, 3.63) is 23.8 Å². The lowest BCUT2D eigenvalue weighted by Crippen LogP contribution is -2.48. The van der Waals surface area contributed by atoms with Crippen LogP contribution >= 0.6 is 11.5 Å². The van der Waals surface area contributed by atoms with Gasteiger partial charge >= 0.3 is 0 Å². The number of anilines is 1. The summed E-state index contributed by atoms with van der Waals surface area (Å²) in [6, 6.07) is 1.87. The number of carbonyl (C=O) groups excluding carboxylic acids is 1. The fraction of sp³-hybridized carbons (Fsp3) is 0.600. The number of piperidine rings is 1. The van der Waals surface area contributed by atoms with Crippen molar-refractivity contribution >= 4 is 22.6 Å². The summed E-state index contributed by atoms with van der Waals surface area (Å²) in [4.78, 5) is 19.2. The van der Waals surface area contributed by atoms with Crippen LogP contribution in [-0.2, 0) is 7.05 Å². The largest absolute Gasteiger partial charge is 0.346 e. The number of nitrogens with zero attached hydrogens (tertiary/aromatic N) is 5. The molecule has 7 nitrogen and oxygen atoms in total. The molecule has 0 bridgehead atoms. The Morgan fingerprint density at radius 3 is 3.00 bits per heavy atom. The van der Waals surface area contributed by atoms with Crippen LogP contribution in [0.2, 0.25) is 0 Å². The minimum Gasteiger partial charge on any atom is -0.346 e. The Morgan fingerprint density at radius 2 is 2.26 bits per heavy atom. The topological polar surface area (TPSA) is 75.9 Å². The SMILES string of the molecule is Cn1ccc(C(=O)NC2CCCN(c3nc(C4CC4)ns3)C2)n1. The highest BCUT2D eigenvalue weighted by Gasteiger charge is 2.30. The predicted molar refractivity (Wildman–Crippen MR) is 87.8 cm³/mol. The molecule has 1 unspecified atom stereocenters. The van der Waals surface area contributed by atoms with E-state index < -0.39 is 0 Å². The van der Waals surface area contributed by atoms with Crippen LogP contribution in [0, 0.1) is 0 Å². The van der Waals surface area contributed by atoms with E-state index in [2.05, 4.69) is 24.7 Å². The first-order valence-corrected chi connectivity index (χ1v) is 8.85. The Bertz CT molecular complexity index is 706. The molecule has 1 saturated heterocycles. The average molecular weight is 332 g/mol. The molecule has 2 aromatic heterocycles. The van der Waals surface area contributed by atoms with Gasteiger partial charge in [0.15, 0.2) is 0 Å². The van der Waals surface area contributed by atoms with E-state index in [0.29, 0.717) is 11.6 Å². The van der Waals surface area contributed by atoms with E-state index >= 15 is 0 Å². The van der Waals surface area contributed by atoms with Crippen LogP contribution in [0.25, 0.3) is 0 Å². The van der Waals surface area contributed by atoms with Crippen molar-refractivity contribution in [1.82, 2.24) is 24.5 Å². The summed E-state index contributed by atoms with van der Waals surface area (Å²) >= 11 is 1.48. The molecule has 1 N–H and O–H groups in total. The summed E-state index contributed by atoms with van der Waals surface area (Å²) in [5.41, 5.74) is 0.469. The summed E-state index contributed by atoms with van der Waals surface area (Å²) in [7, 11) is 1.81. The number of amides is 1. The van der Waals surface area contributed by atoms with Gasteiger partial charge in [0, 0.05) is 49.8 Å². The van der Waals surface area contributed by atoms with Gasteiger partial charge in [0.25, 0.3) is 5.91 Å². The maximum absolute atomic E-state index is 12.2. The predicted octanol–water partition coefficient (Wildman–Crippen LogP) is 1.55. The van der Waals surface area contributed by atoms with Gasteiger partial charge in [0.1, 0.15) is 11.5 Å². The Hall–Kier alpha value is -1.96. The molecule has 0 aromatic carbocycles. The molecule has 0 spiro atoms. The number of rotatable bonds is 4. The molecule has 1 amide bonds. The lowest BCUT2D eigenvalue weighted by Gasteiger charge is -2.32. The zero-order valence-electron chi connectivity index (χ0n) is 13.1. The van der Waals surface area contributed by atoms with Gasteiger partial charge in [-0.05, 0) is 31.7 Å². The van der Waals surface area contributed by atoms with E-state index in [-0.39, 0.29) is 11.9 Å². The molecule has 1 aliphatic heterocycles. The number of hydrogen-bond donors (Lipinski definition) is 1. The number of carbonyl (C=O) groups is 1. The smallest absolute Gasteiger partial charge is 0.272 e. The fourth-order valence-corrected chi connectivity index (χ4v) is 3.71. The Balaban J connectivity index is 1.39. The molecule has 1 saturated carbocycles. The molecule has 3 heterocycles. The van der Waals surface area contributed by atoms with Crippen LogP contribution in [0.4, 0.5) is 5.13 Å². The van der Waals surface area contributed by atoms with Crippen LogP contribution in [0.15, 0.2) is 12.3 Å². The Morgan fingerprint density at radius 1 is 1.39 bits per heavy atom. The Kier molecular flexibility index (Phi) is 3.76. The zero-order valence-corrected chi connectivity index (χ0v) is 13.9. The van der Waals surface area contributed by atoms with E-state index in [9.17, 15) is 4.79 Å². The fourth-order valence-electron chi connectivity index (χ4n) is 2.93. The van der Waals surface area contributed by atoms with Crippen molar-refractivity contribution < 1.29 is 4.79 Å². The second kappa shape index (κ2) is 5.92. The van der Waals surface area contributed by atoms with Crippen LogP contribution in [-0.4, -0.2) is 44.2 Å². The summed E-state index contributed by atoms with van der Waals surface area (Å²) in [6.07, 6.45) is 6.26. The van der Waals surface area contributed by atoms with Crippen molar-refractivity contribution in [2.24, 2.45) is 7.05 Å². The standard InChI is InChI=1S/C15H20N6OS/c1-20-8-6-12(18-20)14(22)16-11-3-2-7-21(9-11)15-17-13(19-23-15)10-4-5-10/h6,8,10-11H,2-5,7,9H2,1H3,(H,16,22). The normalized spacial score (nSPS) is 21.4. The molecule has 2 fully saturated rings. The van der Waals surface area contributed by atoms with Gasteiger partial charge in [-0.1, -0.05) is 0 Å². The molecular weight excluding hydrogens is 312 g/mol. The summed E-state index contributed by atoms with van der Waals surface area (Å²) in [6.45, 7) is 1.77. The minimum atomic E-state index is -0.103.